The lowest BCUT2D eigenvalue weighted by Crippen LogP contribution is -2.04. The van der Waals surface area contributed by atoms with Crippen LogP contribution in [-0.2, 0) is 0 Å². The van der Waals surface area contributed by atoms with Crippen LogP contribution in [0.1, 0.15) is 10.5 Å². The summed E-state index contributed by atoms with van der Waals surface area (Å²) < 4.78 is 5.50. The van der Waals surface area contributed by atoms with Crippen molar-refractivity contribution in [2.24, 2.45) is 0 Å². The number of fused-ring (bicyclic) bond motifs is 1. The molecule has 0 unspecified atom stereocenters. The van der Waals surface area contributed by atoms with Crippen LogP contribution in [0.5, 0.6) is 0 Å². The average molecular weight is 401 g/mol. The number of thiophene rings is 1. The van der Waals surface area contributed by atoms with E-state index in [4.69, 9.17) is 5.11 Å². The molecule has 4 rings (SSSR count). The molecule has 0 saturated carbocycles. The summed E-state index contributed by atoms with van der Waals surface area (Å²) in [5.74, 6) is -0.894. The van der Waals surface area contributed by atoms with Gasteiger partial charge in [0.2, 0.25) is 5.95 Å². The van der Waals surface area contributed by atoms with E-state index in [-0.39, 0.29) is 11.6 Å². The molecule has 4 aromatic rings. The number of thiazole rings is 1. The highest BCUT2D eigenvalue weighted by Crippen LogP contribution is 2.32. The van der Waals surface area contributed by atoms with Gasteiger partial charge in [-0.2, -0.15) is 0 Å². The van der Waals surface area contributed by atoms with Gasteiger partial charge >= 0.3 is 5.97 Å². The van der Waals surface area contributed by atoms with Gasteiger partial charge in [-0.1, -0.05) is 17.4 Å². The van der Waals surface area contributed by atoms with Crippen LogP contribution in [0.4, 0.5) is 16.8 Å². The van der Waals surface area contributed by atoms with Gasteiger partial charge in [0, 0.05) is 11.9 Å². The van der Waals surface area contributed by atoms with Crippen molar-refractivity contribution < 1.29 is 9.90 Å². The fourth-order valence-electron chi connectivity index (χ4n) is 2.11. The zero-order valence-electron chi connectivity index (χ0n) is 13.0. The van der Waals surface area contributed by atoms with E-state index in [0.717, 1.165) is 15.9 Å². The zero-order valence-corrected chi connectivity index (χ0v) is 15.5. The SMILES string of the molecule is O=C(O)c1ccnc(Nc2nc3ccc(NSc4cccs4)cc3s2)n1. The lowest BCUT2D eigenvalue weighted by atomic mass is 10.3. The van der Waals surface area contributed by atoms with Crippen molar-refractivity contribution in [2.45, 2.75) is 4.21 Å². The summed E-state index contributed by atoms with van der Waals surface area (Å²) >= 11 is 4.69. The van der Waals surface area contributed by atoms with Crippen LogP contribution >= 0.6 is 34.6 Å². The van der Waals surface area contributed by atoms with Gasteiger partial charge in [0.1, 0.15) is 0 Å². The summed E-state index contributed by atoms with van der Waals surface area (Å²) in [6, 6.07) is 11.3. The largest absolute Gasteiger partial charge is 0.477 e. The first-order valence-corrected chi connectivity index (χ1v) is 9.89. The Morgan fingerprint density at radius 2 is 2.12 bits per heavy atom. The van der Waals surface area contributed by atoms with E-state index >= 15 is 0 Å². The van der Waals surface area contributed by atoms with Gasteiger partial charge < -0.3 is 9.83 Å². The number of nitrogens with one attached hydrogen (secondary N) is 2. The number of carboxylic acids is 1. The highest BCUT2D eigenvalue weighted by Gasteiger charge is 2.09. The smallest absolute Gasteiger partial charge is 0.354 e. The average Bonchev–Trinajstić information content (AvgIpc) is 3.28. The fourth-order valence-corrected chi connectivity index (χ4v) is 4.43. The van der Waals surface area contributed by atoms with E-state index in [0.29, 0.717) is 5.13 Å². The molecule has 0 atom stereocenters. The Hall–Kier alpha value is -2.69. The molecule has 1 aromatic carbocycles. The molecule has 0 amide bonds. The number of carboxylic acid groups (broad SMARTS) is 1. The van der Waals surface area contributed by atoms with Crippen molar-refractivity contribution in [3.8, 4) is 0 Å². The predicted molar refractivity (Wildman–Crippen MR) is 106 cm³/mol. The van der Waals surface area contributed by atoms with Gasteiger partial charge in [0.25, 0.3) is 0 Å². The highest BCUT2D eigenvalue weighted by molar-refractivity contribution is 8.02. The standard InChI is InChI=1S/C16H11N5O2S3/c22-14(23)11-5-6-17-15(18-11)20-16-19-10-4-3-9(8-12(10)25-16)21-26-13-2-1-7-24-13/h1-8,21H,(H,22,23)(H,17,18,19,20). The molecule has 0 saturated heterocycles. The van der Waals surface area contributed by atoms with Crippen molar-refractivity contribution in [3.05, 3.63) is 53.7 Å². The number of nitrogens with zero attached hydrogens (tertiary/aromatic N) is 3. The van der Waals surface area contributed by atoms with E-state index in [2.05, 4.69) is 31.1 Å². The number of hydrogen-bond acceptors (Lipinski definition) is 9. The summed E-state index contributed by atoms with van der Waals surface area (Å²) in [6.45, 7) is 0. The van der Waals surface area contributed by atoms with Crippen LogP contribution < -0.4 is 10.0 Å². The molecule has 0 bridgehead atoms. The minimum atomic E-state index is -1.10. The normalized spacial score (nSPS) is 10.8. The van der Waals surface area contributed by atoms with E-state index in [1.54, 1.807) is 23.3 Å². The van der Waals surface area contributed by atoms with Crippen molar-refractivity contribution >= 4 is 67.6 Å². The van der Waals surface area contributed by atoms with E-state index in [1.165, 1.54) is 27.8 Å². The van der Waals surface area contributed by atoms with E-state index < -0.39 is 5.97 Å². The molecule has 3 N–H and O–H groups in total. The summed E-state index contributed by atoms with van der Waals surface area (Å²) in [5.41, 5.74) is 1.76. The minimum Gasteiger partial charge on any atom is -0.477 e. The summed E-state index contributed by atoms with van der Waals surface area (Å²) in [7, 11) is 0. The molecule has 10 heteroatoms. The minimum absolute atomic E-state index is 0.0688. The predicted octanol–water partition coefficient (Wildman–Crippen LogP) is 4.71. The monoisotopic (exact) mass is 401 g/mol. The lowest BCUT2D eigenvalue weighted by molar-refractivity contribution is 0.0690. The second-order valence-corrected chi connectivity index (χ2v) is 8.12. The van der Waals surface area contributed by atoms with Gasteiger partial charge in [0.15, 0.2) is 10.8 Å². The molecule has 7 nitrogen and oxygen atoms in total. The Balaban J connectivity index is 1.52. The van der Waals surface area contributed by atoms with Crippen molar-refractivity contribution in [3.63, 3.8) is 0 Å². The van der Waals surface area contributed by atoms with Crippen LogP contribution in [0.25, 0.3) is 10.2 Å². The summed E-state index contributed by atoms with van der Waals surface area (Å²) in [5, 5.41) is 14.6. The molecule has 0 aliphatic rings. The first-order valence-electron chi connectivity index (χ1n) is 7.38. The van der Waals surface area contributed by atoms with Gasteiger partial charge in [0.05, 0.1) is 14.4 Å². The maximum atomic E-state index is 11.0. The van der Waals surface area contributed by atoms with E-state index in [1.807, 2.05) is 29.6 Å². The molecule has 0 radical (unpaired) electrons. The van der Waals surface area contributed by atoms with Gasteiger partial charge in [-0.05, 0) is 47.7 Å². The summed E-state index contributed by atoms with van der Waals surface area (Å²) in [6.07, 6.45) is 1.40. The first kappa shape index (κ1) is 16.8. The Kier molecular flexibility index (Phi) is 4.69. The van der Waals surface area contributed by atoms with Crippen LogP contribution in [-0.4, -0.2) is 26.0 Å². The van der Waals surface area contributed by atoms with Crippen LogP contribution in [0, 0.1) is 0 Å². The maximum Gasteiger partial charge on any atom is 0.354 e. The quantitative estimate of drug-likeness (QED) is 0.400. The lowest BCUT2D eigenvalue weighted by Gasteiger charge is -2.02. The third kappa shape index (κ3) is 3.77. The van der Waals surface area contributed by atoms with E-state index in [9.17, 15) is 4.79 Å². The van der Waals surface area contributed by atoms with Gasteiger partial charge in [-0.3, -0.25) is 5.32 Å². The molecule has 130 valence electrons. The number of aromatic carboxylic acids is 1. The number of rotatable bonds is 6. The second-order valence-electron chi connectivity index (χ2n) is 5.03. The molecule has 0 aliphatic heterocycles. The number of anilines is 3. The number of benzene rings is 1. The topological polar surface area (TPSA) is 100 Å². The number of aromatic nitrogens is 3. The molecule has 3 aromatic heterocycles. The molecule has 0 fully saturated rings. The highest BCUT2D eigenvalue weighted by atomic mass is 32.2. The Morgan fingerprint density at radius 1 is 1.19 bits per heavy atom. The molecular weight excluding hydrogens is 390 g/mol. The zero-order chi connectivity index (χ0) is 17.9. The molecule has 0 spiro atoms. The molecular formula is C16H11N5O2S3. The van der Waals surface area contributed by atoms with Crippen molar-refractivity contribution in [1.82, 2.24) is 15.0 Å². The molecule has 3 heterocycles. The fraction of sp³-hybridized carbons (Fsp3) is 0. The first-order chi connectivity index (χ1) is 12.7. The molecule has 26 heavy (non-hydrogen) atoms. The summed E-state index contributed by atoms with van der Waals surface area (Å²) in [4.78, 5) is 23.4. The number of carbonyl (C=O) groups is 1. The van der Waals surface area contributed by atoms with Gasteiger partial charge in [-0.15, -0.1) is 11.3 Å². The van der Waals surface area contributed by atoms with Crippen LogP contribution in [0.15, 0.2) is 52.2 Å². The maximum absolute atomic E-state index is 11.0. The number of hydrogen-bond donors (Lipinski definition) is 3. The van der Waals surface area contributed by atoms with Crippen LogP contribution in [0.3, 0.4) is 0 Å². The van der Waals surface area contributed by atoms with Crippen molar-refractivity contribution in [2.75, 3.05) is 10.0 Å². The van der Waals surface area contributed by atoms with Crippen molar-refractivity contribution in [1.29, 1.82) is 0 Å². The third-order valence-corrected chi connectivity index (χ3v) is 6.06. The molecule has 0 aliphatic carbocycles. The Morgan fingerprint density at radius 3 is 2.92 bits per heavy atom. The Bertz CT molecular complexity index is 1060. The Labute approximate surface area is 160 Å². The third-order valence-electron chi connectivity index (χ3n) is 3.25. The van der Waals surface area contributed by atoms with Crippen LogP contribution in [0.2, 0.25) is 0 Å². The second kappa shape index (κ2) is 7.28. The van der Waals surface area contributed by atoms with Gasteiger partial charge in [-0.25, -0.2) is 19.7 Å².